The molecule has 0 radical (unpaired) electrons. The van der Waals surface area contributed by atoms with Crippen LogP contribution in [-0.2, 0) is 12.8 Å². The third kappa shape index (κ3) is 17.5. The number of benzene rings is 2. The van der Waals surface area contributed by atoms with E-state index in [1.165, 1.54) is 159 Å². The maximum Gasteiger partial charge on any atom is 0.130 e. The van der Waals surface area contributed by atoms with Crippen LogP contribution in [0.1, 0.15) is 166 Å². The van der Waals surface area contributed by atoms with E-state index in [1.807, 2.05) is 0 Å². The van der Waals surface area contributed by atoms with E-state index in [4.69, 9.17) is 4.74 Å². The molecule has 0 amide bonds. The highest BCUT2D eigenvalue weighted by atomic mass is 16.5. The van der Waals surface area contributed by atoms with E-state index in [0.29, 0.717) is 0 Å². The van der Waals surface area contributed by atoms with Gasteiger partial charge in [0.15, 0.2) is 0 Å². The number of unbranched alkanes of at least 4 members (excludes halogenated alkanes) is 20. The van der Waals surface area contributed by atoms with Crippen molar-refractivity contribution in [3.05, 3.63) is 59.7 Å². The van der Waals surface area contributed by atoms with Gasteiger partial charge in [0.05, 0.1) is 0 Å². The second kappa shape index (κ2) is 24.1. The first-order valence-electron chi connectivity index (χ1n) is 17.2. The number of hydrogen-bond acceptors (Lipinski definition) is 1. The lowest BCUT2D eigenvalue weighted by Crippen LogP contribution is -1.96. The lowest BCUT2D eigenvalue weighted by atomic mass is 9.99. The summed E-state index contributed by atoms with van der Waals surface area (Å²) < 4.78 is 6.41. The van der Waals surface area contributed by atoms with Crippen molar-refractivity contribution in [3.63, 3.8) is 0 Å². The molecular weight excluding hydrogens is 472 g/mol. The molecule has 0 atom stereocenters. The standard InChI is InChI=1S/C38H62O/c1-3-5-7-9-11-13-15-17-19-21-24-28-35-32-33-36(38(34-35)39-37-30-26-23-27-31-37)29-25-22-20-18-16-14-12-10-8-6-4-2/h23,26-27,30-34H,3-22,24-25,28-29H2,1-2H3. The van der Waals surface area contributed by atoms with Crippen molar-refractivity contribution >= 4 is 0 Å². The zero-order valence-electron chi connectivity index (χ0n) is 26.0. The molecule has 0 aliphatic carbocycles. The highest BCUT2D eigenvalue weighted by Gasteiger charge is 2.08. The summed E-state index contributed by atoms with van der Waals surface area (Å²) in [7, 11) is 0. The van der Waals surface area contributed by atoms with Crippen LogP contribution in [0.4, 0.5) is 0 Å². The van der Waals surface area contributed by atoms with Gasteiger partial charge in [-0.3, -0.25) is 0 Å². The fourth-order valence-corrected chi connectivity index (χ4v) is 5.64. The van der Waals surface area contributed by atoms with Gasteiger partial charge in [-0.2, -0.15) is 0 Å². The van der Waals surface area contributed by atoms with Crippen molar-refractivity contribution < 1.29 is 4.74 Å². The molecule has 0 fully saturated rings. The van der Waals surface area contributed by atoms with Gasteiger partial charge in [0.2, 0.25) is 0 Å². The topological polar surface area (TPSA) is 9.23 Å². The van der Waals surface area contributed by atoms with Gasteiger partial charge in [-0.25, -0.2) is 0 Å². The molecule has 0 spiro atoms. The molecular formula is C38H62O. The van der Waals surface area contributed by atoms with Crippen molar-refractivity contribution in [1.82, 2.24) is 0 Å². The Labute approximate surface area is 243 Å². The Balaban J connectivity index is 1.68. The summed E-state index contributed by atoms with van der Waals surface area (Å²) in [5.74, 6) is 2.03. The molecule has 39 heavy (non-hydrogen) atoms. The first-order chi connectivity index (χ1) is 19.3. The number of rotatable bonds is 26. The van der Waals surface area contributed by atoms with Gasteiger partial charge in [0, 0.05) is 0 Å². The van der Waals surface area contributed by atoms with Crippen molar-refractivity contribution in [2.75, 3.05) is 0 Å². The average Bonchev–Trinajstić information content (AvgIpc) is 2.96. The van der Waals surface area contributed by atoms with E-state index >= 15 is 0 Å². The molecule has 0 aliphatic rings. The van der Waals surface area contributed by atoms with Crippen LogP contribution in [0.2, 0.25) is 0 Å². The third-order valence-electron chi connectivity index (χ3n) is 8.22. The molecule has 0 bridgehead atoms. The summed E-state index contributed by atoms with van der Waals surface area (Å²) in [4.78, 5) is 0. The van der Waals surface area contributed by atoms with Gasteiger partial charge in [-0.05, 0) is 55.0 Å². The van der Waals surface area contributed by atoms with E-state index in [1.54, 1.807) is 0 Å². The second-order valence-electron chi connectivity index (χ2n) is 11.9. The van der Waals surface area contributed by atoms with Crippen LogP contribution in [0.15, 0.2) is 48.5 Å². The molecule has 0 aromatic heterocycles. The van der Waals surface area contributed by atoms with Crippen LogP contribution in [-0.4, -0.2) is 0 Å². The van der Waals surface area contributed by atoms with Crippen molar-refractivity contribution in [2.24, 2.45) is 0 Å². The van der Waals surface area contributed by atoms with E-state index in [2.05, 4.69) is 62.4 Å². The molecule has 2 aromatic carbocycles. The Bertz CT molecular complexity index is 796. The van der Waals surface area contributed by atoms with E-state index in [9.17, 15) is 0 Å². The summed E-state index contributed by atoms with van der Waals surface area (Å²) in [6.45, 7) is 4.59. The first-order valence-corrected chi connectivity index (χ1v) is 17.2. The monoisotopic (exact) mass is 534 g/mol. The highest BCUT2D eigenvalue weighted by molar-refractivity contribution is 5.41. The summed E-state index contributed by atoms with van der Waals surface area (Å²) in [5.41, 5.74) is 2.80. The van der Waals surface area contributed by atoms with Gasteiger partial charge in [0.25, 0.3) is 0 Å². The van der Waals surface area contributed by atoms with Crippen molar-refractivity contribution in [2.45, 2.75) is 168 Å². The lowest BCUT2D eigenvalue weighted by Gasteiger charge is -2.14. The zero-order chi connectivity index (χ0) is 27.6. The molecule has 220 valence electrons. The van der Waals surface area contributed by atoms with Crippen LogP contribution >= 0.6 is 0 Å². The summed E-state index contributed by atoms with van der Waals surface area (Å²) in [6.07, 6.45) is 33.0. The number of para-hydroxylation sites is 1. The SMILES string of the molecule is CCCCCCCCCCCCCc1ccc(CCCCCCCCCCCCC)c(Oc2ccccc2)c1. The minimum absolute atomic E-state index is 0.949. The van der Waals surface area contributed by atoms with Gasteiger partial charge in [-0.15, -0.1) is 0 Å². The van der Waals surface area contributed by atoms with Gasteiger partial charge < -0.3 is 4.74 Å². The maximum atomic E-state index is 6.41. The first kappa shape index (κ1) is 33.4. The van der Waals surface area contributed by atoms with Crippen LogP contribution in [0.5, 0.6) is 11.5 Å². The largest absolute Gasteiger partial charge is 0.457 e. The summed E-state index contributed by atoms with van der Waals surface area (Å²) in [6, 6.07) is 17.4. The molecule has 0 heterocycles. The van der Waals surface area contributed by atoms with E-state index in [-0.39, 0.29) is 0 Å². The minimum Gasteiger partial charge on any atom is -0.457 e. The molecule has 0 saturated heterocycles. The van der Waals surface area contributed by atoms with Crippen LogP contribution < -0.4 is 4.74 Å². The van der Waals surface area contributed by atoms with Crippen LogP contribution in [0.25, 0.3) is 0 Å². The van der Waals surface area contributed by atoms with Gasteiger partial charge in [0.1, 0.15) is 11.5 Å². The van der Waals surface area contributed by atoms with E-state index in [0.717, 1.165) is 17.9 Å². The Morgan fingerprint density at radius 2 is 0.872 bits per heavy atom. The maximum absolute atomic E-state index is 6.41. The zero-order valence-corrected chi connectivity index (χ0v) is 26.0. The smallest absolute Gasteiger partial charge is 0.130 e. The number of hydrogen-bond donors (Lipinski definition) is 0. The van der Waals surface area contributed by atoms with Gasteiger partial charge in [-0.1, -0.05) is 173 Å². The third-order valence-corrected chi connectivity index (χ3v) is 8.22. The quantitative estimate of drug-likeness (QED) is 0.109. The second-order valence-corrected chi connectivity index (χ2v) is 11.9. The Hall–Kier alpha value is -1.76. The fourth-order valence-electron chi connectivity index (χ4n) is 5.64. The molecule has 0 saturated carbocycles. The van der Waals surface area contributed by atoms with Crippen LogP contribution in [0.3, 0.4) is 0 Å². The number of aryl methyl sites for hydroxylation is 2. The Kier molecular flexibility index (Phi) is 20.6. The minimum atomic E-state index is 0.949. The van der Waals surface area contributed by atoms with Gasteiger partial charge >= 0.3 is 0 Å². The average molecular weight is 535 g/mol. The van der Waals surface area contributed by atoms with E-state index < -0.39 is 0 Å². The predicted octanol–water partition coefficient (Wildman–Crippen LogP) is 13.2. The summed E-state index contributed by atoms with van der Waals surface area (Å²) >= 11 is 0. The van der Waals surface area contributed by atoms with Crippen molar-refractivity contribution in [3.8, 4) is 11.5 Å². The molecule has 1 heteroatoms. The molecule has 2 aromatic rings. The fraction of sp³-hybridized carbons (Fsp3) is 0.684. The Morgan fingerprint density at radius 1 is 0.436 bits per heavy atom. The molecule has 0 N–H and O–H groups in total. The Morgan fingerprint density at radius 3 is 1.36 bits per heavy atom. The predicted molar refractivity (Wildman–Crippen MR) is 173 cm³/mol. The van der Waals surface area contributed by atoms with Crippen LogP contribution in [0, 0.1) is 0 Å². The molecule has 0 aliphatic heterocycles. The summed E-state index contributed by atoms with van der Waals surface area (Å²) in [5, 5.41) is 0. The molecule has 0 unspecified atom stereocenters. The number of ether oxygens (including phenoxy) is 1. The normalized spacial score (nSPS) is 11.2. The molecule has 1 nitrogen and oxygen atoms in total. The van der Waals surface area contributed by atoms with Crippen molar-refractivity contribution in [1.29, 1.82) is 0 Å². The lowest BCUT2D eigenvalue weighted by molar-refractivity contribution is 0.473. The molecule has 2 rings (SSSR count). The highest BCUT2D eigenvalue weighted by Crippen LogP contribution is 2.29.